The second kappa shape index (κ2) is 6.72. The lowest BCUT2D eigenvalue weighted by atomic mass is 10.1. The van der Waals surface area contributed by atoms with E-state index in [2.05, 4.69) is 29.5 Å². The molecular formula is C16H21N3OS. The molecule has 0 atom stereocenters. The van der Waals surface area contributed by atoms with E-state index in [1.165, 1.54) is 11.3 Å². The van der Waals surface area contributed by atoms with Crippen molar-refractivity contribution in [3.05, 3.63) is 40.4 Å². The molecule has 0 saturated heterocycles. The molecule has 21 heavy (non-hydrogen) atoms. The number of hydrogen-bond acceptors (Lipinski definition) is 4. The van der Waals surface area contributed by atoms with E-state index >= 15 is 0 Å². The predicted octanol–water partition coefficient (Wildman–Crippen LogP) is 4.26. The lowest BCUT2D eigenvalue weighted by Crippen LogP contribution is -2.13. The number of aryl methyl sites for hydroxylation is 1. The average Bonchev–Trinajstić information content (AvgIpc) is 2.87. The van der Waals surface area contributed by atoms with Crippen LogP contribution in [0.15, 0.2) is 23.6 Å². The van der Waals surface area contributed by atoms with Gasteiger partial charge in [-0.25, -0.2) is 4.98 Å². The summed E-state index contributed by atoms with van der Waals surface area (Å²) in [5.41, 5.74) is 3.67. The van der Waals surface area contributed by atoms with Gasteiger partial charge in [0, 0.05) is 23.2 Å². The molecule has 0 fully saturated rings. The van der Waals surface area contributed by atoms with Crippen molar-refractivity contribution in [3.63, 3.8) is 0 Å². The van der Waals surface area contributed by atoms with Crippen LogP contribution in [0.3, 0.4) is 0 Å². The molecule has 0 radical (unpaired) electrons. The first-order valence-electron chi connectivity index (χ1n) is 7.12. The quantitative estimate of drug-likeness (QED) is 0.867. The number of carbonyl (C=O) groups is 1. The molecule has 5 heteroatoms. The standard InChI is InChI=1S/C16H21N3OS/c1-5-17-12-6-7-13(11(4)8-12)15(20)19-16-18-14(9-21-16)10(2)3/h6-10,17H,5H2,1-4H3,(H,18,19,20). The number of benzene rings is 1. The summed E-state index contributed by atoms with van der Waals surface area (Å²) in [7, 11) is 0. The van der Waals surface area contributed by atoms with Crippen LogP contribution in [0.25, 0.3) is 0 Å². The van der Waals surface area contributed by atoms with E-state index in [4.69, 9.17) is 0 Å². The highest BCUT2D eigenvalue weighted by molar-refractivity contribution is 7.14. The van der Waals surface area contributed by atoms with Gasteiger partial charge in [0.15, 0.2) is 5.13 Å². The Morgan fingerprint density at radius 2 is 2.14 bits per heavy atom. The summed E-state index contributed by atoms with van der Waals surface area (Å²) in [6.45, 7) is 9.03. The van der Waals surface area contributed by atoms with Gasteiger partial charge in [-0.15, -0.1) is 11.3 Å². The van der Waals surface area contributed by atoms with Crippen molar-refractivity contribution < 1.29 is 4.79 Å². The maximum Gasteiger partial charge on any atom is 0.257 e. The molecule has 0 aliphatic rings. The molecule has 0 aliphatic heterocycles. The summed E-state index contributed by atoms with van der Waals surface area (Å²) in [5, 5.41) is 8.75. The Morgan fingerprint density at radius 3 is 2.71 bits per heavy atom. The Labute approximate surface area is 129 Å². The van der Waals surface area contributed by atoms with Crippen LogP contribution in [0.4, 0.5) is 10.8 Å². The number of rotatable bonds is 5. The topological polar surface area (TPSA) is 54.0 Å². The van der Waals surface area contributed by atoms with Crippen LogP contribution >= 0.6 is 11.3 Å². The monoisotopic (exact) mass is 303 g/mol. The van der Waals surface area contributed by atoms with E-state index in [0.29, 0.717) is 16.6 Å². The van der Waals surface area contributed by atoms with Crippen LogP contribution in [0, 0.1) is 6.92 Å². The summed E-state index contributed by atoms with van der Waals surface area (Å²) in [4.78, 5) is 16.7. The van der Waals surface area contributed by atoms with Gasteiger partial charge in [0.05, 0.1) is 5.69 Å². The molecule has 1 aromatic carbocycles. The second-order valence-corrected chi connectivity index (χ2v) is 6.10. The van der Waals surface area contributed by atoms with E-state index in [1.807, 2.05) is 37.4 Å². The summed E-state index contributed by atoms with van der Waals surface area (Å²) in [6, 6.07) is 5.76. The molecule has 2 aromatic rings. The van der Waals surface area contributed by atoms with E-state index in [1.54, 1.807) is 0 Å². The van der Waals surface area contributed by atoms with Crippen LogP contribution in [0.5, 0.6) is 0 Å². The molecule has 0 bridgehead atoms. The molecule has 1 amide bonds. The third-order valence-corrected chi connectivity index (χ3v) is 3.96. The Kier molecular flexibility index (Phi) is 4.96. The normalized spacial score (nSPS) is 10.7. The molecule has 0 saturated carbocycles. The van der Waals surface area contributed by atoms with Gasteiger partial charge in [0.1, 0.15) is 0 Å². The first kappa shape index (κ1) is 15.5. The Bertz CT molecular complexity index is 634. The third kappa shape index (κ3) is 3.82. The van der Waals surface area contributed by atoms with Gasteiger partial charge in [0.25, 0.3) is 5.91 Å². The number of hydrogen-bond donors (Lipinski definition) is 2. The number of nitrogens with one attached hydrogen (secondary N) is 2. The molecule has 2 rings (SSSR count). The van der Waals surface area contributed by atoms with Gasteiger partial charge in [-0.2, -0.15) is 0 Å². The minimum absolute atomic E-state index is 0.111. The first-order chi connectivity index (χ1) is 10.0. The Balaban J connectivity index is 2.12. The van der Waals surface area contributed by atoms with E-state index in [9.17, 15) is 4.79 Å². The molecule has 2 N–H and O–H groups in total. The maximum absolute atomic E-state index is 12.3. The highest BCUT2D eigenvalue weighted by Gasteiger charge is 2.12. The fraction of sp³-hybridized carbons (Fsp3) is 0.375. The number of aromatic nitrogens is 1. The van der Waals surface area contributed by atoms with Gasteiger partial charge in [-0.1, -0.05) is 13.8 Å². The van der Waals surface area contributed by atoms with Crippen LogP contribution in [0.2, 0.25) is 0 Å². The molecule has 0 aliphatic carbocycles. The van der Waals surface area contributed by atoms with E-state index in [-0.39, 0.29) is 5.91 Å². The van der Waals surface area contributed by atoms with Gasteiger partial charge in [-0.3, -0.25) is 10.1 Å². The van der Waals surface area contributed by atoms with Crippen molar-refractivity contribution >= 4 is 28.1 Å². The molecule has 112 valence electrons. The highest BCUT2D eigenvalue weighted by Crippen LogP contribution is 2.23. The number of thiazole rings is 1. The summed E-state index contributed by atoms with van der Waals surface area (Å²) in [5.74, 6) is 0.258. The largest absolute Gasteiger partial charge is 0.385 e. The molecule has 1 heterocycles. The summed E-state index contributed by atoms with van der Waals surface area (Å²) < 4.78 is 0. The van der Waals surface area contributed by atoms with Crippen molar-refractivity contribution in [2.75, 3.05) is 17.2 Å². The minimum atomic E-state index is -0.111. The number of carbonyl (C=O) groups excluding carboxylic acids is 1. The molecule has 4 nitrogen and oxygen atoms in total. The van der Waals surface area contributed by atoms with Crippen molar-refractivity contribution in [1.29, 1.82) is 0 Å². The predicted molar refractivity (Wildman–Crippen MR) is 89.5 cm³/mol. The van der Waals surface area contributed by atoms with E-state index in [0.717, 1.165) is 23.5 Å². The van der Waals surface area contributed by atoms with Gasteiger partial charge >= 0.3 is 0 Å². The third-order valence-electron chi connectivity index (χ3n) is 3.19. The first-order valence-corrected chi connectivity index (χ1v) is 8.00. The lowest BCUT2D eigenvalue weighted by molar-refractivity contribution is 0.102. The molecular weight excluding hydrogens is 282 g/mol. The fourth-order valence-electron chi connectivity index (χ4n) is 2.01. The van der Waals surface area contributed by atoms with Crippen LogP contribution in [-0.2, 0) is 0 Å². The Morgan fingerprint density at radius 1 is 1.38 bits per heavy atom. The van der Waals surface area contributed by atoms with Gasteiger partial charge in [0.2, 0.25) is 0 Å². The lowest BCUT2D eigenvalue weighted by Gasteiger charge is -2.09. The van der Waals surface area contributed by atoms with Crippen molar-refractivity contribution in [2.24, 2.45) is 0 Å². The highest BCUT2D eigenvalue weighted by atomic mass is 32.1. The smallest absolute Gasteiger partial charge is 0.257 e. The summed E-state index contributed by atoms with van der Waals surface area (Å²) in [6.07, 6.45) is 0. The number of nitrogens with zero attached hydrogens (tertiary/aromatic N) is 1. The minimum Gasteiger partial charge on any atom is -0.385 e. The second-order valence-electron chi connectivity index (χ2n) is 5.25. The SMILES string of the molecule is CCNc1ccc(C(=O)Nc2nc(C(C)C)cs2)c(C)c1. The average molecular weight is 303 g/mol. The number of amides is 1. The molecule has 1 aromatic heterocycles. The maximum atomic E-state index is 12.3. The van der Waals surface area contributed by atoms with Gasteiger partial charge < -0.3 is 5.32 Å². The van der Waals surface area contributed by atoms with Crippen LogP contribution in [0.1, 0.15) is 48.3 Å². The zero-order chi connectivity index (χ0) is 15.4. The number of anilines is 2. The van der Waals surface area contributed by atoms with Crippen molar-refractivity contribution in [3.8, 4) is 0 Å². The molecule has 0 spiro atoms. The zero-order valence-corrected chi connectivity index (χ0v) is 13.7. The van der Waals surface area contributed by atoms with Crippen LogP contribution < -0.4 is 10.6 Å². The van der Waals surface area contributed by atoms with E-state index < -0.39 is 0 Å². The molecule has 0 unspecified atom stereocenters. The van der Waals surface area contributed by atoms with Crippen molar-refractivity contribution in [2.45, 2.75) is 33.6 Å². The van der Waals surface area contributed by atoms with Gasteiger partial charge in [-0.05, 0) is 43.5 Å². The zero-order valence-electron chi connectivity index (χ0n) is 12.9. The summed E-state index contributed by atoms with van der Waals surface area (Å²) >= 11 is 1.46. The van der Waals surface area contributed by atoms with Crippen molar-refractivity contribution in [1.82, 2.24) is 4.98 Å². The fourth-order valence-corrected chi connectivity index (χ4v) is 2.87. The van der Waals surface area contributed by atoms with Crippen LogP contribution in [-0.4, -0.2) is 17.4 Å². The Hall–Kier alpha value is -1.88.